The zero-order valence-electron chi connectivity index (χ0n) is 17.7. The van der Waals surface area contributed by atoms with Gasteiger partial charge < -0.3 is 19.1 Å². The lowest BCUT2D eigenvalue weighted by Crippen LogP contribution is -2.38. The molecular formula is C21H30N6O3. The Morgan fingerprint density at radius 3 is 2.70 bits per heavy atom. The fourth-order valence-electron chi connectivity index (χ4n) is 4.88. The first-order valence-corrected chi connectivity index (χ1v) is 10.9. The normalized spacial score (nSPS) is 28.5. The van der Waals surface area contributed by atoms with Gasteiger partial charge >= 0.3 is 0 Å². The van der Waals surface area contributed by atoms with Gasteiger partial charge in [0.2, 0.25) is 5.88 Å². The van der Waals surface area contributed by atoms with Gasteiger partial charge in [-0.15, -0.1) is 5.10 Å². The van der Waals surface area contributed by atoms with E-state index in [1.54, 1.807) is 20.5 Å². The van der Waals surface area contributed by atoms with E-state index in [0.717, 1.165) is 50.0 Å². The zero-order chi connectivity index (χ0) is 20.5. The molecule has 2 aromatic rings. The summed E-state index contributed by atoms with van der Waals surface area (Å²) in [6.07, 6.45) is 8.44. The second-order valence-electron chi connectivity index (χ2n) is 8.82. The summed E-state index contributed by atoms with van der Waals surface area (Å²) in [5.74, 6) is 3.45. The van der Waals surface area contributed by atoms with Crippen LogP contribution in [-0.2, 0) is 16.1 Å². The van der Waals surface area contributed by atoms with Gasteiger partial charge in [0.25, 0.3) is 0 Å². The van der Waals surface area contributed by atoms with Gasteiger partial charge in [-0.25, -0.2) is 14.6 Å². The molecule has 0 unspecified atom stereocenters. The van der Waals surface area contributed by atoms with E-state index in [2.05, 4.69) is 25.2 Å². The molecule has 1 aliphatic heterocycles. The molecule has 2 aromatic heterocycles. The highest BCUT2D eigenvalue weighted by Gasteiger charge is 2.44. The predicted molar refractivity (Wildman–Crippen MR) is 109 cm³/mol. The zero-order valence-corrected chi connectivity index (χ0v) is 17.7. The fraction of sp³-hybridized carbons (Fsp3) is 0.714. The molecule has 0 aromatic carbocycles. The minimum Gasteiger partial charge on any atom is -0.481 e. The monoisotopic (exact) mass is 414 g/mol. The Morgan fingerprint density at radius 1 is 1.10 bits per heavy atom. The summed E-state index contributed by atoms with van der Waals surface area (Å²) in [7, 11) is 3.32. The van der Waals surface area contributed by atoms with E-state index in [1.165, 1.54) is 12.8 Å². The van der Waals surface area contributed by atoms with Gasteiger partial charge in [0.05, 0.1) is 32.1 Å². The summed E-state index contributed by atoms with van der Waals surface area (Å²) in [4.78, 5) is 11.0. The molecule has 9 nitrogen and oxygen atoms in total. The van der Waals surface area contributed by atoms with E-state index >= 15 is 0 Å². The number of hydrogen-bond acceptors (Lipinski definition) is 8. The molecule has 3 aliphatic rings. The first-order valence-electron chi connectivity index (χ1n) is 10.9. The van der Waals surface area contributed by atoms with Crippen LogP contribution in [0.25, 0.3) is 0 Å². The van der Waals surface area contributed by atoms with Crippen LogP contribution >= 0.6 is 0 Å². The van der Waals surface area contributed by atoms with Gasteiger partial charge in [-0.2, -0.15) is 0 Å². The van der Waals surface area contributed by atoms with Crippen molar-refractivity contribution in [3.63, 3.8) is 0 Å². The highest BCUT2D eigenvalue weighted by Crippen LogP contribution is 2.44. The molecule has 9 heteroatoms. The molecule has 0 amide bonds. The van der Waals surface area contributed by atoms with Crippen LogP contribution in [0.4, 0.5) is 5.82 Å². The fourth-order valence-corrected chi connectivity index (χ4v) is 4.88. The van der Waals surface area contributed by atoms with Crippen LogP contribution in [0, 0.1) is 17.8 Å². The minimum absolute atomic E-state index is 0.170. The SMILES string of the molecule is COCc1cn([C@@H]2C[C@@H]3CN(c4cc(OC)ncn4)C[C@@H]3C[C@H]2OCC2CC2)nn1. The van der Waals surface area contributed by atoms with E-state index in [-0.39, 0.29) is 12.1 Å². The van der Waals surface area contributed by atoms with Crippen LogP contribution in [0.3, 0.4) is 0 Å². The van der Waals surface area contributed by atoms with E-state index in [0.29, 0.717) is 24.3 Å². The summed E-state index contributed by atoms with van der Waals surface area (Å²) in [5.41, 5.74) is 0.863. The van der Waals surface area contributed by atoms with Crippen LogP contribution in [0.2, 0.25) is 0 Å². The second-order valence-corrected chi connectivity index (χ2v) is 8.82. The number of methoxy groups -OCH3 is 2. The van der Waals surface area contributed by atoms with Crippen LogP contribution in [0.5, 0.6) is 5.88 Å². The van der Waals surface area contributed by atoms with Crippen molar-refractivity contribution in [1.82, 2.24) is 25.0 Å². The lowest BCUT2D eigenvalue weighted by Gasteiger charge is -2.37. The number of nitrogens with zero attached hydrogens (tertiary/aromatic N) is 6. The third kappa shape index (κ3) is 4.13. The number of rotatable bonds is 8. The quantitative estimate of drug-likeness (QED) is 0.649. The molecular weight excluding hydrogens is 384 g/mol. The van der Waals surface area contributed by atoms with Crippen molar-refractivity contribution in [3.8, 4) is 5.88 Å². The van der Waals surface area contributed by atoms with E-state index in [4.69, 9.17) is 14.2 Å². The Labute approximate surface area is 176 Å². The Morgan fingerprint density at radius 2 is 1.93 bits per heavy atom. The van der Waals surface area contributed by atoms with Crippen molar-refractivity contribution in [1.29, 1.82) is 0 Å². The number of aromatic nitrogens is 5. The summed E-state index contributed by atoms with van der Waals surface area (Å²) in [6.45, 7) is 3.32. The van der Waals surface area contributed by atoms with Crippen LogP contribution in [-0.4, -0.2) is 65.0 Å². The second kappa shape index (κ2) is 8.47. The number of hydrogen-bond donors (Lipinski definition) is 0. The van der Waals surface area contributed by atoms with Crippen molar-refractivity contribution in [2.24, 2.45) is 17.8 Å². The Bertz CT molecular complexity index is 857. The Kier molecular flexibility index (Phi) is 5.56. The molecule has 3 fully saturated rings. The van der Waals surface area contributed by atoms with Crippen molar-refractivity contribution < 1.29 is 14.2 Å². The largest absolute Gasteiger partial charge is 0.481 e. The standard InChI is InChI=1S/C21H30N6O3/c1-28-12-17-10-27(25-24-17)18-5-15-8-26(20-7-21(29-2)23-13-22-20)9-16(15)6-19(18)30-11-14-3-4-14/h7,10,13-16,18-19H,3-6,8-9,11-12H2,1-2H3/t15-,16+,18-,19-/m1/s1. The van der Waals surface area contributed by atoms with E-state index in [9.17, 15) is 0 Å². The van der Waals surface area contributed by atoms with E-state index in [1.807, 2.05) is 16.9 Å². The molecule has 0 spiro atoms. The molecule has 5 rings (SSSR count). The topological polar surface area (TPSA) is 87.4 Å². The first-order chi connectivity index (χ1) is 14.7. The Balaban J connectivity index is 1.33. The molecule has 3 heterocycles. The van der Waals surface area contributed by atoms with Crippen molar-refractivity contribution >= 4 is 5.82 Å². The summed E-state index contributed by atoms with van der Waals surface area (Å²) in [5, 5.41) is 8.70. The van der Waals surface area contributed by atoms with Crippen LogP contribution < -0.4 is 9.64 Å². The first kappa shape index (κ1) is 19.7. The minimum atomic E-state index is 0.170. The van der Waals surface area contributed by atoms with Gasteiger partial charge in [-0.1, -0.05) is 5.21 Å². The van der Waals surface area contributed by atoms with Crippen molar-refractivity contribution in [3.05, 3.63) is 24.3 Å². The van der Waals surface area contributed by atoms with Crippen LogP contribution in [0.1, 0.15) is 37.4 Å². The van der Waals surface area contributed by atoms with Gasteiger partial charge in [0, 0.05) is 32.9 Å². The van der Waals surface area contributed by atoms with Gasteiger partial charge in [-0.3, -0.25) is 0 Å². The average Bonchev–Trinajstić information content (AvgIpc) is 3.32. The maximum absolute atomic E-state index is 6.44. The highest BCUT2D eigenvalue weighted by atomic mass is 16.5. The third-order valence-corrected chi connectivity index (χ3v) is 6.68. The van der Waals surface area contributed by atoms with Crippen molar-refractivity contribution in [2.45, 2.75) is 44.4 Å². The molecule has 30 heavy (non-hydrogen) atoms. The number of anilines is 1. The summed E-state index contributed by atoms with van der Waals surface area (Å²) < 4.78 is 19.0. The smallest absolute Gasteiger partial charge is 0.218 e. The average molecular weight is 415 g/mol. The number of ether oxygens (including phenoxy) is 3. The molecule has 0 radical (unpaired) electrons. The lowest BCUT2D eigenvalue weighted by atomic mass is 9.77. The van der Waals surface area contributed by atoms with Gasteiger partial charge in [-0.05, 0) is 43.4 Å². The molecule has 2 aliphatic carbocycles. The molecule has 162 valence electrons. The lowest BCUT2D eigenvalue weighted by molar-refractivity contribution is -0.0375. The third-order valence-electron chi connectivity index (χ3n) is 6.68. The summed E-state index contributed by atoms with van der Waals surface area (Å²) >= 11 is 0. The predicted octanol–water partition coefficient (Wildman–Crippen LogP) is 2.11. The van der Waals surface area contributed by atoms with E-state index < -0.39 is 0 Å². The molecule has 2 saturated carbocycles. The molecule has 0 bridgehead atoms. The maximum Gasteiger partial charge on any atom is 0.218 e. The summed E-state index contributed by atoms with van der Waals surface area (Å²) in [6, 6.07) is 2.13. The molecule has 4 atom stereocenters. The Hall–Kier alpha value is -2.26. The van der Waals surface area contributed by atoms with Crippen molar-refractivity contribution in [2.75, 3.05) is 38.8 Å². The maximum atomic E-state index is 6.44. The number of fused-ring (bicyclic) bond motifs is 1. The highest BCUT2D eigenvalue weighted by molar-refractivity contribution is 5.42. The van der Waals surface area contributed by atoms with Gasteiger partial charge in [0.15, 0.2) is 0 Å². The van der Waals surface area contributed by atoms with Gasteiger partial charge in [0.1, 0.15) is 17.8 Å². The molecule has 0 N–H and O–H groups in total. The van der Waals surface area contributed by atoms with Crippen LogP contribution in [0.15, 0.2) is 18.6 Å². The molecule has 1 saturated heterocycles.